The Balaban J connectivity index is 1.53. The highest BCUT2D eigenvalue weighted by molar-refractivity contribution is 5.81. The van der Waals surface area contributed by atoms with Gasteiger partial charge in [-0.1, -0.05) is 6.07 Å². The second-order valence-electron chi connectivity index (χ2n) is 5.71. The maximum absolute atomic E-state index is 12.9. The van der Waals surface area contributed by atoms with Crippen molar-refractivity contribution < 1.29 is 13.9 Å². The lowest BCUT2D eigenvalue weighted by atomic mass is 10.2. The van der Waals surface area contributed by atoms with Crippen LogP contribution in [0.1, 0.15) is 6.92 Å². The molecule has 5 nitrogen and oxygen atoms in total. The third kappa shape index (κ3) is 3.82. The van der Waals surface area contributed by atoms with Crippen molar-refractivity contribution in [1.82, 2.24) is 9.88 Å². The second-order valence-corrected chi connectivity index (χ2v) is 5.71. The summed E-state index contributed by atoms with van der Waals surface area (Å²) in [5.41, 5.74) is 0. The molecule has 0 aliphatic carbocycles. The number of amides is 1. The summed E-state index contributed by atoms with van der Waals surface area (Å²) in [5, 5.41) is 0. The average molecular weight is 329 g/mol. The predicted molar refractivity (Wildman–Crippen MR) is 89.5 cm³/mol. The number of hydrogen-bond acceptors (Lipinski definition) is 4. The Morgan fingerprint density at radius 2 is 1.83 bits per heavy atom. The lowest BCUT2D eigenvalue weighted by Gasteiger charge is -2.36. The number of rotatable bonds is 4. The van der Waals surface area contributed by atoms with Gasteiger partial charge in [0.2, 0.25) is 0 Å². The van der Waals surface area contributed by atoms with Gasteiger partial charge in [0.25, 0.3) is 5.91 Å². The normalized spacial score (nSPS) is 15.9. The Kier molecular flexibility index (Phi) is 4.93. The lowest BCUT2D eigenvalue weighted by molar-refractivity contribution is -0.138. The van der Waals surface area contributed by atoms with Gasteiger partial charge in [0.1, 0.15) is 17.4 Å². The molecule has 1 aromatic carbocycles. The molecule has 1 fully saturated rings. The van der Waals surface area contributed by atoms with Crippen molar-refractivity contribution in [1.29, 1.82) is 0 Å². The first-order valence-electron chi connectivity index (χ1n) is 8.00. The minimum absolute atomic E-state index is 0.0556. The van der Waals surface area contributed by atoms with E-state index in [0.29, 0.717) is 18.8 Å². The number of hydrogen-bond donors (Lipinski definition) is 0. The number of benzene rings is 1. The minimum atomic E-state index is -0.600. The van der Waals surface area contributed by atoms with Crippen molar-refractivity contribution in [2.24, 2.45) is 0 Å². The molecule has 1 amide bonds. The number of pyridine rings is 1. The van der Waals surface area contributed by atoms with Gasteiger partial charge in [0.05, 0.1) is 0 Å². The molecule has 2 heterocycles. The fourth-order valence-corrected chi connectivity index (χ4v) is 2.72. The third-order valence-electron chi connectivity index (χ3n) is 4.04. The number of nitrogens with zero attached hydrogens (tertiary/aromatic N) is 3. The molecule has 0 spiro atoms. The van der Waals surface area contributed by atoms with Crippen molar-refractivity contribution in [2.75, 3.05) is 31.1 Å². The molecule has 3 rings (SSSR count). The van der Waals surface area contributed by atoms with Gasteiger partial charge in [-0.2, -0.15) is 0 Å². The maximum atomic E-state index is 12.9. The first-order valence-corrected chi connectivity index (χ1v) is 8.00. The van der Waals surface area contributed by atoms with Crippen LogP contribution in [0.2, 0.25) is 0 Å². The molecule has 24 heavy (non-hydrogen) atoms. The highest BCUT2D eigenvalue weighted by Crippen LogP contribution is 2.16. The summed E-state index contributed by atoms with van der Waals surface area (Å²) in [6.07, 6.45) is 1.17. The molecule has 0 radical (unpaired) electrons. The first-order chi connectivity index (χ1) is 11.6. The summed E-state index contributed by atoms with van der Waals surface area (Å²) in [6.45, 7) is 4.47. The van der Waals surface area contributed by atoms with Gasteiger partial charge in [0.15, 0.2) is 6.10 Å². The van der Waals surface area contributed by atoms with Crippen LogP contribution in [0.15, 0.2) is 48.7 Å². The number of ether oxygens (including phenoxy) is 1. The number of aromatic nitrogens is 1. The number of halogens is 1. The largest absolute Gasteiger partial charge is 0.481 e. The van der Waals surface area contributed by atoms with Crippen LogP contribution in [-0.4, -0.2) is 48.1 Å². The van der Waals surface area contributed by atoms with Crippen molar-refractivity contribution >= 4 is 11.7 Å². The molecule has 0 N–H and O–H groups in total. The molecule has 1 aromatic heterocycles. The van der Waals surface area contributed by atoms with Crippen molar-refractivity contribution in [3.63, 3.8) is 0 Å². The zero-order chi connectivity index (χ0) is 16.9. The number of carbonyl (C=O) groups excluding carboxylic acids is 1. The van der Waals surface area contributed by atoms with Gasteiger partial charge in [-0.3, -0.25) is 4.79 Å². The summed E-state index contributed by atoms with van der Waals surface area (Å²) in [6, 6.07) is 11.5. The summed E-state index contributed by atoms with van der Waals surface area (Å²) >= 11 is 0. The van der Waals surface area contributed by atoms with E-state index in [9.17, 15) is 9.18 Å². The third-order valence-corrected chi connectivity index (χ3v) is 4.04. The monoisotopic (exact) mass is 329 g/mol. The Hall–Kier alpha value is -2.63. The van der Waals surface area contributed by atoms with Crippen molar-refractivity contribution in [2.45, 2.75) is 13.0 Å². The SMILES string of the molecule is CC(Oc1ccc(F)cc1)C(=O)N1CCN(c2ccccn2)CC1. The highest BCUT2D eigenvalue weighted by atomic mass is 19.1. The fourth-order valence-electron chi connectivity index (χ4n) is 2.72. The molecule has 1 aliphatic heterocycles. The van der Waals surface area contributed by atoms with Crippen LogP contribution in [-0.2, 0) is 4.79 Å². The number of carbonyl (C=O) groups is 1. The van der Waals surface area contributed by atoms with E-state index in [2.05, 4.69) is 9.88 Å². The highest BCUT2D eigenvalue weighted by Gasteiger charge is 2.26. The van der Waals surface area contributed by atoms with Crippen molar-refractivity contribution in [3.05, 3.63) is 54.5 Å². The number of piperazine rings is 1. The number of anilines is 1. The fraction of sp³-hybridized carbons (Fsp3) is 0.333. The van der Waals surface area contributed by atoms with E-state index >= 15 is 0 Å². The quantitative estimate of drug-likeness (QED) is 0.864. The van der Waals surface area contributed by atoms with Crippen LogP contribution in [0.3, 0.4) is 0 Å². The van der Waals surface area contributed by atoms with Crippen molar-refractivity contribution in [3.8, 4) is 5.75 Å². The molecule has 6 heteroatoms. The van der Waals surface area contributed by atoms with Crippen LogP contribution in [0, 0.1) is 5.82 Å². The predicted octanol–water partition coefficient (Wildman–Crippen LogP) is 2.34. The topological polar surface area (TPSA) is 45.7 Å². The molecule has 0 saturated carbocycles. The van der Waals surface area contributed by atoms with E-state index in [-0.39, 0.29) is 11.7 Å². The van der Waals surface area contributed by atoms with Gasteiger partial charge in [0, 0.05) is 32.4 Å². The van der Waals surface area contributed by atoms with E-state index < -0.39 is 6.10 Å². The molecular formula is C18H20FN3O2. The zero-order valence-electron chi connectivity index (χ0n) is 13.6. The van der Waals surface area contributed by atoms with Crippen LogP contribution >= 0.6 is 0 Å². The van der Waals surface area contributed by atoms with Gasteiger partial charge in [-0.15, -0.1) is 0 Å². The summed E-state index contributed by atoms with van der Waals surface area (Å²) in [5.74, 6) is 1.04. The second kappa shape index (κ2) is 7.29. The summed E-state index contributed by atoms with van der Waals surface area (Å²) < 4.78 is 18.5. The van der Waals surface area contributed by atoms with E-state index in [0.717, 1.165) is 18.9 Å². The zero-order valence-corrected chi connectivity index (χ0v) is 13.6. The molecule has 126 valence electrons. The average Bonchev–Trinajstić information content (AvgIpc) is 2.64. The molecule has 1 aliphatic rings. The summed E-state index contributed by atoms with van der Waals surface area (Å²) in [7, 11) is 0. The molecule has 2 aromatic rings. The van der Waals surface area contributed by atoms with Gasteiger partial charge >= 0.3 is 0 Å². The van der Waals surface area contributed by atoms with Crippen LogP contribution in [0.4, 0.5) is 10.2 Å². The van der Waals surface area contributed by atoms with Gasteiger partial charge in [-0.05, 0) is 43.3 Å². The smallest absolute Gasteiger partial charge is 0.263 e. The lowest BCUT2D eigenvalue weighted by Crippen LogP contribution is -2.52. The first kappa shape index (κ1) is 16.2. The Morgan fingerprint density at radius 1 is 1.12 bits per heavy atom. The standard InChI is InChI=1S/C18H20FN3O2/c1-14(24-16-7-5-15(19)6-8-16)18(23)22-12-10-21(11-13-22)17-4-2-3-9-20-17/h2-9,14H,10-13H2,1H3. The van der Waals surface area contributed by atoms with E-state index in [1.807, 2.05) is 18.2 Å². The van der Waals surface area contributed by atoms with Crippen LogP contribution in [0.5, 0.6) is 5.75 Å². The minimum Gasteiger partial charge on any atom is -0.481 e. The van der Waals surface area contributed by atoms with Crippen LogP contribution < -0.4 is 9.64 Å². The van der Waals surface area contributed by atoms with Gasteiger partial charge < -0.3 is 14.5 Å². The van der Waals surface area contributed by atoms with E-state index in [1.54, 1.807) is 18.0 Å². The Bertz CT molecular complexity index is 670. The molecule has 1 unspecified atom stereocenters. The molecule has 1 saturated heterocycles. The molecule has 1 atom stereocenters. The maximum Gasteiger partial charge on any atom is 0.263 e. The van der Waals surface area contributed by atoms with E-state index in [4.69, 9.17) is 4.74 Å². The molecule has 0 bridgehead atoms. The Morgan fingerprint density at radius 3 is 2.46 bits per heavy atom. The van der Waals surface area contributed by atoms with Crippen LogP contribution in [0.25, 0.3) is 0 Å². The molecular weight excluding hydrogens is 309 g/mol. The van der Waals surface area contributed by atoms with Gasteiger partial charge in [-0.25, -0.2) is 9.37 Å². The Labute approximate surface area is 140 Å². The summed E-state index contributed by atoms with van der Waals surface area (Å²) in [4.78, 5) is 20.8. The van der Waals surface area contributed by atoms with E-state index in [1.165, 1.54) is 24.3 Å².